The molecule has 0 saturated carbocycles. The number of piperidine rings is 1. The number of carboxylic acid groups (broad SMARTS) is 1. The Morgan fingerprint density at radius 1 is 1.15 bits per heavy atom. The zero-order chi connectivity index (χ0) is 23.5. The van der Waals surface area contributed by atoms with E-state index >= 15 is 0 Å². The highest BCUT2D eigenvalue weighted by atomic mass is 19.1. The lowest BCUT2D eigenvalue weighted by molar-refractivity contribution is -0.298. The van der Waals surface area contributed by atoms with Gasteiger partial charge >= 0.3 is 6.01 Å². The number of imidazole rings is 1. The van der Waals surface area contributed by atoms with E-state index in [0.29, 0.717) is 17.1 Å². The van der Waals surface area contributed by atoms with Crippen LogP contribution in [-0.4, -0.2) is 38.6 Å². The van der Waals surface area contributed by atoms with E-state index in [1.807, 2.05) is 0 Å². The van der Waals surface area contributed by atoms with Gasteiger partial charge < -0.3 is 24.5 Å². The van der Waals surface area contributed by atoms with Crippen molar-refractivity contribution >= 4 is 5.97 Å². The average Bonchev–Trinajstić information content (AvgIpc) is 3.31. The van der Waals surface area contributed by atoms with Crippen LogP contribution >= 0.6 is 0 Å². The molecule has 0 amide bonds. The van der Waals surface area contributed by atoms with E-state index in [0.717, 1.165) is 37.2 Å². The lowest BCUT2D eigenvalue weighted by Crippen LogP contribution is -2.29. The maximum Gasteiger partial charge on any atom is 0.332 e. The molecule has 0 unspecified atom stereocenters. The van der Waals surface area contributed by atoms with E-state index in [1.165, 1.54) is 30.4 Å². The molecule has 3 heterocycles. The SMILES string of the molecule is O=C([O-])C1=[C+]C=C(Oc2nccc(-c3c(-c4ccc(F)cc4)ncn3C3CCNCC3)n2)C=C1. The molecule has 2 aromatic heterocycles. The highest BCUT2D eigenvalue weighted by Gasteiger charge is 2.24. The van der Waals surface area contributed by atoms with E-state index in [2.05, 4.69) is 30.9 Å². The lowest BCUT2D eigenvalue weighted by Gasteiger charge is -2.25. The Morgan fingerprint density at radius 3 is 2.65 bits per heavy atom. The summed E-state index contributed by atoms with van der Waals surface area (Å²) in [5, 5.41) is 14.3. The summed E-state index contributed by atoms with van der Waals surface area (Å²) in [6.07, 6.45) is 12.1. The number of halogens is 1. The first-order valence-electron chi connectivity index (χ1n) is 10.9. The van der Waals surface area contributed by atoms with Gasteiger partial charge in [0, 0.05) is 30.0 Å². The summed E-state index contributed by atoms with van der Waals surface area (Å²) in [7, 11) is 0. The number of aromatic nitrogens is 4. The molecule has 0 atom stereocenters. The monoisotopic (exact) mass is 457 g/mol. The Balaban J connectivity index is 1.52. The molecule has 1 aromatic carbocycles. The van der Waals surface area contributed by atoms with Crippen molar-refractivity contribution in [2.24, 2.45) is 0 Å². The number of carbonyl (C=O) groups excluding carboxylic acids is 1. The van der Waals surface area contributed by atoms with Gasteiger partial charge in [-0.25, -0.2) is 14.4 Å². The van der Waals surface area contributed by atoms with Crippen LogP contribution in [0.2, 0.25) is 0 Å². The topological polar surface area (TPSA) is 105 Å². The number of nitrogens with one attached hydrogen (secondary N) is 1. The molecule has 1 aliphatic heterocycles. The second-order valence-electron chi connectivity index (χ2n) is 7.89. The predicted octanol–water partition coefficient (Wildman–Crippen LogP) is 2.38. The van der Waals surface area contributed by atoms with Crippen LogP contribution in [-0.2, 0) is 4.79 Å². The number of carbonyl (C=O) groups is 1. The molecule has 3 aromatic rings. The third-order valence-electron chi connectivity index (χ3n) is 5.70. The Kier molecular flexibility index (Phi) is 5.95. The summed E-state index contributed by atoms with van der Waals surface area (Å²) < 4.78 is 21.4. The standard InChI is InChI=1S/C25H20FN5O3/c26-18-5-1-16(2-6-18)22-23(31(15-29-22)19-9-12-27-13-10-19)21-11-14-28-25(30-21)34-20-7-3-17(4-8-20)24(32)33/h1-3,5-8,11,14-15,19,27H,9-10,12-13H2. The Morgan fingerprint density at radius 2 is 1.94 bits per heavy atom. The van der Waals surface area contributed by atoms with Crippen LogP contribution in [0.1, 0.15) is 18.9 Å². The molecule has 2 aliphatic rings. The van der Waals surface area contributed by atoms with E-state index < -0.39 is 5.97 Å². The van der Waals surface area contributed by atoms with Crippen molar-refractivity contribution in [2.45, 2.75) is 18.9 Å². The molecular weight excluding hydrogens is 437 g/mol. The quantitative estimate of drug-likeness (QED) is 0.567. The van der Waals surface area contributed by atoms with Gasteiger partial charge in [0.25, 0.3) is 0 Å². The third-order valence-corrected chi connectivity index (χ3v) is 5.70. The first-order chi connectivity index (χ1) is 16.6. The summed E-state index contributed by atoms with van der Waals surface area (Å²) in [6, 6.07) is 8.32. The van der Waals surface area contributed by atoms with Crippen molar-refractivity contribution in [2.75, 3.05) is 13.1 Å². The number of hydrogen-bond donors (Lipinski definition) is 1. The van der Waals surface area contributed by atoms with Crippen molar-refractivity contribution in [3.63, 3.8) is 0 Å². The molecule has 170 valence electrons. The van der Waals surface area contributed by atoms with Gasteiger partial charge in [-0.3, -0.25) is 0 Å². The van der Waals surface area contributed by atoms with Crippen molar-refractivity contribution in [3.8, 4) is 28.7 Å². The first-order valence-corrected chi connectivity index (χ1v) is 10.9. The zero-order valence-electron chi connectivity index (χ0n) is 18.1. The number of allylic oxidation sites excluding steroid dienone is 3. The molecule has 0 radical (unpaired) electrons. The van der Waals surface area contributed by atoms with Gasteiger partial charge in [-0.05, 0) is 56.3 Å². The van der Waals surface area contributed by atoms with Gasteiger partial charge in [0.05, 0.1) is 29.5 Å². The van der Waals surface area contributed by atoms with Crippen LogP contribution in [0, 0.1) is 11.9 Å². The smallest absolute Gasteiger partial charge is 0.332 e. The maximum atomic E-state index is 13.5. The van der Waals surface area contributed by atoms with Crippen molar-refractivity contribution < 1.29 is 19.0 Å². The summed E-state index contributed by atoms with van der Waals surface area (Å²) >= 11 is 0. The van der Waals surface area contributed by atoms with Gasteiger partial charge in [0.1, 0.15) is 11.9 Å². The fraction of sp³-hybridized carbons (Fsp3) is 0.200. The highest BCUT2D eigenvalue weighted by molar-refractivity contribution is 5.88. The van der Waals surface area contributed by atoms with Crippen LogP contribution in [0.5, 0.6) is 6.01 Å². The number of ether oxygens (including phenoxy) is 1. The van der Waals surface area contributed by atoms with Crippen LogP contribution < -0.4 is 15.2 Å². The molecule has 1 N–H and O–H groups in total. The molecule has 9 heteroatoms. The van der Waals surface area contributed by atoms with E-state index in [4.69, 9.17) is 4.74 Å². The number of hydrogen-bond acceptors (Lipinski definition) is 7. The third kappa shape index (κ3) is 4.47. The van der Waals surface area contributed by atoms with Gasteiger partial charge in [-0.15, -0.1) is 0 Å². The van der Waals surface area contributed by atoms with Crippen molar-refractivity contribution in [3.05, 3.63) is 84.3 Å². The predicted molar refractivity (Wildman–Crippen MR) is 119 cm³/mol. The molecule has 0 bridgehead atoms. The summed E-state index contributed by atoms with van der Waals surface area (Å²) in [6.45, 7) is 1.81. The number of benzene rings is 1. The van der Waals surface area contributed by atoms with Gasteiger partial charge in [0.15, 0.2) is 11.5 Å². The minimum absolute atomic E-state index is 0.0724. The molecule has 1 fully saturated rings. The first kappa shape index (κ1) is 21.6. The molecule has 1 saturated heterocycles. The molecule has 0 spiro atoms. The van der Waals surface area contributed by atoms with Crippen molar-refractivity contribution in [1.82, 2.24) is 24.8 Å². The Hall–Kier alpha value is -4.20. The lowest BCUT2D eigenvalue weighted by atomic mass is 10.0. The summed E-state index contributed by atoms with van der Waals surface area (Å²) in [4.78, 5) is 24.4. The van der Waals surface area contributed by atoms with E-state index in [1.54, 1.807) is 30.7 Å². The van der Waals surface area contributed by atoms with E-state index in [-0.39, 0.29) is 23.4 Å². The number of carboxylic acids is 1. The summed E-state index contributed by atoms with van der Waals surface area (Å²) in [5.74, 6) is -1.29. The zero-order valence-corrected chi connectivity index (χ0v) is 18.1. The van der Waals surface area contributed by atoms with Gasteiger partial charge in [-0.2, -0.15) is 4.98 Å². The summed E-state index contributed by atoms with van der Waals surface area (Å²) in [5.41, 5.74) is 2.80. The number of rotatable bonds is 6. The second-order valence-corrected chi connectivity index (χ2v) is 7.89. The second kappa shape index (κ2) is 9.35. The fourth-order valence-corrected chi connectivity index (χ4v) is 4.02. The molecular formula is C25H20FN5O3. The maximum absolute atomic E-state index is 13.5. The average molecular weight is 457 g/mol. The Labute approximate surface area is 195 Å². The highest BCUT2D eigenvalue weighted by Crippen LogP contribution is 2.35. The van der Waals surface area contributed by atoms with Crippen LogP contribution in [0.25, 0.3) is 22.6 Å². The number of nitrogens with zero attached hydrogens (tertiary/aromatic N) is 4. The molecule has 5 rings (SSSR count). The largest absolute Gasteiger partial charge is 0.488 e. The fourth-order valence-electron chi connectivity index (χ4n) is 4.02. The number of aliphatic carboxylic acids is 1. The minimum atomic E-state index is -1.32. The minimum Gasteiger partial charge on any atom is -0.488 e. The molecule has 1 aliphatic carbocycles. The van der Waals surface area contributed by atoms with Crippen molar-refractivity contribution in [1.29, 1.82) is 0 Å². The van der Waals surface area contributed by atoms with Gasteiger partial charge in [0.2, 0.25) is 5.76 Å². The molecule has 34 heavy (non-hydrogen) atoms. The normalized spacial score (nSPS) is 15.9. The Bertz CT molecular complexity index is 1300. The van der Waals surface area contributed by atoms with Gasteiger partial charge in [-0.1, -0.05) is 0 Å². The molecule has 8 nitrogen and oxygen atoms in total. The van der Waals surface area contributed by atoms with Crippen LogP contribution in [0.3, 0.4) is 0 Å². The van der Waals surface area contributed by atoms with Crippen LogP contribution in [0.4, 0.5) is 4.39 Å². The van der Waals surface area contributed by atoms with Crippen LogP contribution in [0.15, 0.2) is 72.4 Å². The van der Waals surface area contributed by atoms with E-state index in [9.17, 15) is 14.3 Å².